The fraction of sp³-hybridized carbons (Fsp3) is 0.368. The topological polar surface area (TPSA) is 62.5 Å². The van der Waals surface area contributed by atoms with Crippen molar-refractivity contribution in [2.24, 2.45) is 4.99 Å². The molecule has 1 saturated carbocycles. The van der Waals surface area contributed by atoms with Crippen molar-refractivity contribution in [3.63, 3.8) is 0 Å². The van der Waals surface area contributed by atoms with Crippen LogP contribution >= 0.6 is 35.3 Å². The summed E-state index contributed by atoms with van der Waals surface area (Å²) in [5, 5.41) is 7.73. The van der Waals surface area contributed by atoms with Gasteiger partial charge in [0, 0.05) is 13.1 Å². The third kappa shape index (κ3) is 4.37. The number of thiazole rings is 1. The van der Waals surface area contributed by atoms with E-state index in [0.717, 1.165) is 28.0 Å². The van der Waals surface area contributed by atoms with Gasteiger partial charge >= 0.3 is 0 Å². The molecule has 5 nitrogen and oxygen atoms in total. The fourth-order valence-electron chi connectivity index (χ4n) is 3.19. The van der Waals surface area contributed by atoms with Crippen molar-refractivity contribution >= 4 is 51.5 Å². The van der Waals surface area contributed by atoms with Crippen LogP contribution < -0.4 is 10.6 Å². The molecule has 0 atom stereocenters. The smallest absolute Gasteiger partial charge is 0.191 e. The van der Waals surface area contributed by atoms with Gasteiger partial charge in [0.2, 0.25) is 0 Å². The van der Waals surface area contributed by atoms with E-state index in [1.165, 1.54) is 30.4 Å². The van der Waals surface area contributed by atoms with Crippen LogP contribution in [-0.2, 0) is 6.54 Å². The number of hydrogen-bond donors (Lipinski definition) is 2. The molecule has 138 valence electrons. The molecule has 3 aromatic rings. The Bertz CT molecular complexity index is 849. The second-order valence-electron chi connectivity index (χ2n) is 6.30. The quantitative estimate of drug-likeness (QED) is 0.319. The predicted octanol–water partition coefficient (Wildman–Crippen LogP) is 4.78. The van der Waals surface area contributed by atoms with E-state index in [9.17, 15) is 0 Å². The van der Waals surface area contributed by atoms with Crippen molar-refractivity contribution < 1.29 is 4.42 Å². The molecule has 1 aliphatic rings. The maximum Gasteiger partial charge on any atom is 0.191 e. The van der Waals surface area contributed by atoms with E-state index in [1.54, 1.807) is 18.4 Å². The second-order valence-corrected chi connectivity index (χ2v) is 7.33. The van der Waals surface area contributed by atoms with Crippen LogP contribution in [0.3, 0.4) is 0 Å². The summed E-state index contributed by atoms with van der Waals surface area (Å²) in [5.74, 6) is 2.53. The summed E-state index contributed by atoms with van der Waals surface area (Å²) >= 11 is 1.65. The van der Waals surface area contributed by atoms with Crippen LogP contribution in [0.4, 0.5) is 0 Å². The molecule has 0 spiro atoms. The molecule has 0 saturated heterocycles. The molecule has 2 N–H and O–H groups in total. The fourth-order valence-corrected chi connectivity index (χ4v) is 4.12. The lowest BCUT2D eigenvalue weighted by atomic mass is 10.2. The highest BCUT2D eigenvalue weighted by molar-refractivity contribution is 14.0. The molecule has 4 rings (SSSR count). The van der Waals surface area contributed by atoms with E-state index >= 15 is 0 Å². The SMILES string of the molecule is CN=C(NCc1ccc(-c2nc3ccccc3s2)o1)NC1CCCC1.I. The highest BCUT2D eigenvalue weighted by Gasteiger charge is 2.16. The summed E-state index contributed by atoms with van der Waals surface area (Å²) in [6, 6.07) is 12.7. The van der Waals surface area contributed by atoms with Crippen LogP contribution in [0.1, 0.15) is 31.4 Å². The van der Waals surface area contributed by atoms with Crippen LogP contribution in [0.25, 0.3) is 21.0 Å². The van der Waals surface area contributed by atoms with Gasteiger partial charge in [-0.1, -0.05) is 25.0 Å². The van der Waals surface area contributed by atoms with Gasteiger partial charge in [0.15, 0.2) is 16.7 Å². The Morgan fingerprint density at radius 3 is 2.81 bits per heavy atom. The molecule has 26 heavy (non-hydrogen) atoms. The molecule has 1 aliphatic carbocycles. The lowest BCUT2D eigenvalue weighted by molar-refractivity contribution is 0.511. The van der Waals surface area contributed by atoms with Crippen LogP contribution in [0.5, 0.6) is 0 Å². The Morgan fingerprint density at radius 1 is 1.23 bits per heavy atom. The maximum absolute atomic E-state index is 5.97. The van der Waals surface area contributed by atoms with Crippen LogP contribution in [0, 0.1) is 0 Å². The first-order valence-electron chi connectivity index (χ1n) is 8.73. The lowest BCUT2D eigenvalue weighted by Gasteiger charge is -2.16. The number of benzene rings is 1. The van der Waals surface area contributed by atoms with Gasteiger partial charge in [-0.2, -0.15) is 0 Å². The van der Waals surface area contributed by atoms with E-state index in [1.807, 2.05) is 30.3 Å². The largest absolute Gasteiger partial charge is 0.457 e. The Morgan fingerprint density at radius 2 is 2.04 bits per heavy atom. The highest BCUT2D eigenvalue weighted by atomic mass is 127. The van der Waals surface area contributed by atoms with E-state index in [4.69, 9.17) is 4.42 Å². The van der Waals surface area contributed by atoms with Gasteiger partial charge in [-0.25, -0.2) is 4.98 Å². The number of aliphatic imine (C=N–C) groups is 1. The Kier molecular flexibility index (Phi) is 6.53. The highest BCUT2D eigenvalue weighted by Crippen LogP contribution is 2.31. The Hall–Kier alpha value is -1.61. The minimum Gasteiger partial charge on any atom is -0.457 e. The number of nitrogens with one attached hydrogen (secondary N) is 2. The molecular weight excluding hydrogens is 459 g/mol. The molecule has 0 unspecified atom stereocenters. The number of furan rings is 1. The third-order valence-electron chi connectivity index (χ3n) is 4.52. The number of halogens is 1. The first-order chi connectivity index (χ1) is 12.3. The molecule has 1 fully saturated rings. The summed E-state index contributed by atoms with van der Waals surface area (Å²) in [4.78, 5) is 8.95. The van der Waals surface area contributed by atoms with E-state index in [0.29, 0.717) is 12.6 Å². The van der Waals surface area contributed by atoms with Crippen LogP contribution in [-0.4, -0.2) is 24.0 Å². The molecule has 0 amide bonds. The van der Waals surface area contributed by atoms with Crippen molar-refractivity contribution in [3.05, 3.63) is 42.2 Å². The number of guanidine groups is 1. The first kappa shape index (κ1) is 19.2. The number of rotatable bonds is 4. The van der Waals surface area contributed by atoms with Crippen LogP contribution in [0.2, 0.25) is 0 Å². The zero-order valence-electron chi connectivity index (χ0n) is 14.7. The van der Waals surface area contributed by atoms with E-state index in [2.05, 4.69) is 26.7 Å². The van der Waals surface area contributed by atoms with E-state index in [-0.39, 0.29) is 24.0 Å². The summed E-state index contributed by atoms with van der Waals surface area (Å²) in [5.41, 5.74) is 1.01. The standard InChI is InChI=1S/C19H22N4OS.HI/c1-20-19(22-13-6-2-3-7-13)21-12-14-10-11-16(24-14)18-23-15-8-4-5-9-17(15)25-18;/h4-5,8-11,13H,2-3,6-7,12H2,1H3,(H2,20,21,22);1H. The van der Waals surface area contributed by atoms with E-state index < -0.39 is 0 Å². The van der Waals surface area contributed by atoms with Gasteiger partial charge < -0.3 is 15.1 Å². The van der Waals surface area contributed by atoms with Gasteiger partial charge in [0.05, 0.1) is 16.8 Å². The van der Waals surface area contributed by atoms with Crippen molar-refractivity contribution in [1.29, 1.82) is 0 Å². The molecule has 1 aromatic carbocycles. The van der Waals surface area contributed by atoms with Gasteiger partial charge in [-0.15, -0.1) is 35.3 Å². The number of hydrogen-bond acceptors (Lipinski definition) is 4. The number of nitrogens with zero attached hydrogens (tertiary/aromatic N) is 2. The average Bonchev–Trinajstić information content (AvgIpc) is 3.38. The van der Waals surface area contributed by atoms with Crippen LogP contribution in [0.15, 0.2) is 45.8 Å². The normalized spacial score (nSPS) is 15.2. The van der Waals surface area contributed by atoms with Gasteiger partial charge in [-0.3, -0.25) is 4.99 Å². The molecule has 0 bridgehead atoms. The Balaban J connectivity index is 0.00000196. The van der Waals surface area contributed by atoms with Crippen molar-refractivity contribution in [2.75, 3.05) is 7.05 Å². The number of para-hydroxylation sites is 1. The van der Waals surface area contributed by atoms with Gasteiger partial charge in [0.25, 0.3) is 0 Å². The van der Waals surface area contributed by atoms with Gasteiger partial charge in [0.1, 0.15) is 5.76 Å². The summed E-state index contributed by atoms with van der Waals surface area (Å²) in [6.07, 6.45) is 5.06. The minimum absolute atomic E-state index is 0. The zero-order chi connectivity index (χ0) is 17.1. The second kappa shape index (κ2) is 8.85. The monoisotopic (exact) mass is 482 g/mol. The number of fused-ring (bicyclic) bond motifs is 1. The van der Waals surface area contributed by atoms with Gasteiger partial charge in [-0.05, 0) is 37.1 Å². The summed E-state index contributed by atoms with van der Waals surface area (Å²) in [6.45, 7) is 0.608. The molecule has 2 aromatic heterocycles. The molecule has 2 heterocycles. The minimum atomic E-state index is 0. The van der Waals surface area contributed by atoms with Crippen molar-refractivity contribution in [2.45, 2.75) is 38.3 Å². The summed E-state index contributed by atoms with van der Waals surface area (Å²) in [7, 11) is 1.80. The molecular formula is C19H23IN4OS. The summed E-state index contributed by atoms with van der Waals surface area (Å²) < 4.78 is 7.14. The van der Waals surface area contributed by atoms with Crippen molar-refractivity contribution in [3.8, 4) is 10.8 Å². The number of aromatic nitrogens is 1. The average molecular weight is 482 g/mol. The van der Waals surface area contributed by atoms with Crippen molar-refractivity contribution in [1.82, 2.24) is 15.6 Å². The third-order valence-corrected chi connectivity index (χ3v) is 5.57. The molecule has 0 aliphatic heterocycles. The zero-order valence-corrected chi connectivity index (χ0v) is 17.8. The molecule has 7 heteroatoms. The maximum atomic E-state index is 5.97. The Labute approximate surface area is 174 Å². The lowest BCUT2D eigenvalue weighted by Crippen LogP contribution is -2.41. The molecule has 0 radical (unpaired) electrons. The first-order valence-corrected chi connectivity index (χ1v) is 9.55. The predicted molar refractivity (Wildman–Crippen MR) is 118 cm³/mol.